The molecule has 9 nitrogen and oxygen atoms in total. The molecule has 1 N–H and O–H groups in total. The maximum Gasteiger partial charge on any atom is 0.306 e. The van der Waals surface area contributed by atoms with Crippen molar-refractivity contribution < 1.29 is 37.3 Å². The van der Waals surface area contributed by atoms with E-state index in [0.717, 1.165) is 148 Å². The minimum absolute atomic E-state index is 0.0334. The maximum absolute atomic E-state index is 13.6. The SMILES string of the molecule is CC/C=C\C/C=C\C/C=C\C/C=C\C/C=C\C/C=C\CCCCCCCCC(=O)NC(COP(=O)([O-])OCC[N+](C)(C)C)C(/C=C/CCCCCCCCCCCC)OC(=O)CCCCCCCCCCC/C=C\C/C=C\C/C=C\C/C=C\CCCCC. The Morgan fingerprint density at radius 3 is 1.11 bits per heavy atom. The molecule has 0 heterocycles. The lowest BCUT2D eigenvalue weighted by molar-refractivity contribution is -0.870. The van der Waals surface area contributed by atoms with Gasteiger partial charge in [-0.2, -0.15) is 0 Å². The quantitative estimate of drug-likeness (QED) is 0.0212. The fraction of sp³-hybridized carbons (Fsp3) is 0.692. The van der Waals surface area contributed by atoms with E-state index in [4.69, 9.17) is 13.8 Å². The van der Waals surface area contributed by atoms with Crippen molar-refractivity contribution in [1.82, 2.24) is 5.32 Å². The van der Waals surface area contributed by atoms with E-state index < -0.39 is 26.6 Å². The number of carbonyl (C=O) groups is 2. The number of phosphoric acid groups is 1. The average Bonchev–Trinajstić information content (AvgIpc) is 3.71. The van der Waals surface area contributed by atoms with Gasteiger partial charge in [-0.05, 0) is 128 Å². The number of likely N-dealkylation sites (N-methyl/N-ethyl adjacent to an activating group) is 1. The molecular weight excluding hydrogens is 1110 g/mol. The van der Waals surface area contributed by atoms with E-state index in [2.05, 4.69) is 148 Å². The zero-order chi connectivity index (χ0) is 64.2. The second-order valence-electron chi connectivity index (χ2n) is 25.0. The summed E-state index contributed by atoms with van der Waals surface area (Å²) in [5.41, 5.74) is 0. The van der Waals surface area contributed by atoms with Crippen LogP contribution in [0.25, 0.3) is 0 Å². The molecule has 1 amide bonds. The molecule has 0 radical (unpaired) electrons. The predicted molar refractivity (Wildman–Crippen MR) is 380 cm³/mol. The summed E-state index contributed by atoms with van der Waals surface area (Å²) in [7, 11) is 1.16. The van der Waals surface area contributed by atoms with Crippen LogP contribution in [0.4, 0.5) is 0 Å². The van der Waals surface area contributed by atoms with Crippen LogP contribution in [0.1, 0.15) is 297 Å². The zero-order valence-corrected chi connectivity index (χ0v) is 58.5. The Hall–Kier alpha value is -3.85. The summed E-state index contributed by atoms with van der Waals surface area (Å²) in [5, 5.41) is 3.03. The molecule has 0 fully saturated rings. The topological polar surface area (TPSA) is 114 Å². The van der Waals surface area contributed by atoms with Crippen molar-refractivity contribution in [2.45, 2.75) is 309 Å². The Labute approximate surface area is 543 Å². The first-order valence-corrected chi connectivity index (χ1v) is 37.5. The summed E-state index contributed by atoms with van der Waals surface area (Å²) >= 11 is 0. The number of rotatable bonds is 64. The van der Waals surface area contributed by atoms with Gasteiger partial charge in [0.05, 0.1) is 33.8 Å². The van der Waals surface area contributed by atoms with Gasteiger partial charge < -0.3 is 28.5 Å². The van der Waals surface area contributed by atoms with Crippen molar-refractivity contribution in [3.63, 3.8) is 0 Å². The van der Waals surface area contributed by atoms with Crippen LogP contribution in [0.5, 0.6) is 0 Å². The Kier molecular flexibility index (Phi) is 63.2. The molecule has 0 aromatic carbocycles. The second kappa shape index (κ2) is 66.1. The maximum atomic E-state index is 13.6. The van der Waals surface area contributed by atoms with E-state index in [0.29, 0.717) is 23.9 Å². The molecule has 504 valence electrons. The Morgan fingerprint density at radius 1 is 0.409 bits per heavy atom. The highest BCUT2D eigenvalue weighted by Gasteiger charge is 2.27. The molecule has 0 aliphatic carbocycles. The minimum Gasteiger partial charge on any atom is -0.756 e. The van der Waals surface area contributed by atoms with Crippen LogP contribution in [-0.2, 0) is 27.9 Å². The van der Waals surface area contributed by atoms with E-state index >= 15 is 0 Å². The van der Waals surface area contributed by atoms with Crippen molar-refractivity contribution in [2.75, 3.05) is 40.9 Å². The van der Waals surface area contributed by atoms with Crippen LogP contribution in [-0.4, -0.2) is 69.4 Å². The van der Waals surface area contributed by atoms with Gasteiger partial charge in [0.1, 0.15) is 19.3 Å². The van der Waals surface area contributed by atoms with Gasteiger partial charge in [-0.1, -0.05) is 290 Å². The summed E-state index contributed by atoms with van der Waals surface area (Å²) < 4.78 is 30.4. The van der Waals surface area contributed by atoms with Crippen molar-refractivity contribution >= 4 is 19.7 Å². The first-order valence-electron chi connectivity index (χ1n) is 36.0. The summed E-state index contributed by atoms with van der Waals surface area (Å²) in [5.74, 6) is -0.569. The van der Waals surface area contributed by atoms with Gasteiger partial charge in [0, 0.05) is 12.8 Å². The van der Waals surface area contributed by atoms with Crippen molar-refractivity contribution in [3.8, 4) is 0 Å². The lowest BCUT2D eigenvalue weighted by Gasteiger charge is -2.30. The number of esters is 1. The molecule has 0 spiro atoms. The zero-order valence-electron chi connectivity index (χ0n) is 57.6. The standard InChI is InChI=1S/C78H135N2O7P/c1-7-10-13-16-19-22-25-28-30-32-34-36-38-40-42-44-46-48-50-52-55-58-61-64-67-70-77(81)79-75(74-86-88(83,84)85-73-72-80(4,5)6)76(69-66-63-60-57-54-27-24-21-18-15-12-9-3)87-78(82)71-68-65-62-59-56-53-51-49-47-45-43-41-39-37-35-33-31-29-26-23-20-17-14-11-8-2/h10,13,19-20,22-23,28-31,34-37,40-43,46,48,66,69,75-76H,7-9,11-12,14-18,21,24-27,32-33,38-39,44-45,47,49-65,67-68,70-74H2,1-6H3,(H-,79,81,83,84)/b13-10-,22-19-,23-20-,30-28-,31-29-,36-34-,37-35-,42-40-,43-41-,48-46-,69-66+. The molecular formula is C78H135N2O7P. The number of allylic oxidation sites excluding steroid dienone is 21. The minimum atomic E-state index is -4.72. The number of phosphoric ester groups is 1. The summed E-state index contributed by atoms with van der Waals surface area (Å²) in [6.45, 7) is 6.69. The van der Waals surface area contributed by atoms with Crippen LogP contribution < -0.4 is 10.2 Å². The molecule has 0 aromatic rings. The third-order valence-electron chi connectivity index (χ3n) is 15.3. The smallest absolute Gasteiger partial charge is 0.306 e. The highest BCUT2D eigenvalue weighted by Crippen LogP contribution is 2.38. The van der Waals surface area contributed by atoms with Gasteiger partial charge in [-0.3, -0.25) is 14.2 Å². The molecule has 0 saturated carbocycles. The number of hydrogen-bond acceptors (Lipinski definition) is 7. The lowest BCUT2D eigenvalue weighted by atomic mass is 10.0. The first kappa shape index (κ1) is 84.2. The van der Waals surface area contributed by atoms with Crippen LogP contribution in [0.2, 0.25) is 0 Å². The average molecular weight is 1240 g/mol. The molecule has 0 aromatic heterocycles. The number of carbonyl (C=O) groups excluding carboxylic acids is 2. The Balaban J connectivity index is 5.13. The normalized spacial score (nSPS) is 14.3. The number of ether oxygens (including phenoxy) is 1. The van der Waals surface area contributed by atoms with Crippen LogP contribution in [0.3, 0.4) is 0 Å². The Bertz CT molecular complexity index is 1970. The number of amides is 1. The van der Waals surface area contributed by atoms with Crippen LogP contribution in [0, 0.1) is 0 Å². The number of nitrogens with one attached hydrogen (secondary N) is 1. The number of unbranched alkanes of at least 4 members (excludes halogenated alkanes) is 28. The molecule has 88 heavy (non-hydrogen) atoms. The van der Waals surface area contributed by atoms with E-state index in [9.17, 15) is 19.0 Å². The third kappa shape index (κ3) is 66.6. The van der Waals surface area contributed by atoms with E-state index in [1.165, 1.54) is 109 Å². The number of quaternary nitrogens is 1. The van der Waals surface area contributed by atoms with Gasteiger partial charge in [-0.15, -0.1) is 0 Å². The number of hydrogen-bond donors (Lipinski definition) is 1. The largest absolute Gasteiger partial charge is 0.756 e. The summed E-state index contributed by atoms with van der Waals surface area (Å²) in [4.78, 5) is 40.2. The fourth-order valence-electron chi connectivity index (χ4n) is 9.80. The second-order valence-corrected chi connectivity index (χ2v) is 26.4. The van der Waals surface area contributed by atoms with Crippen molar-refractivity contribution in [2.24, 2.45) is 0 Å². The van der Waals surface area contributed by atoms with Gasteiger partial charge in [0.15, 0.2) is 0 Å². The van der Waals surface area contributed by atoms with Gasteiger partial charge in [0.25, 0.3) is 7.82 Å². The molecule has 10 heteroatoms. The van der Waals surface area contributed by atoms with Gasteiger partial charge in [0.2, 0.25) is 5.91 Å². The van der Waals surface area contributed by atoms with Gasteiger partial charge in [-0.25, -0.2) is 0 Å². The molecule has 0 aliphatic rings. The van der Waals surface area contributed by atoms with E-state index in [1.54, 1.807) is 0 Å². The van der Waals surface area contributed by atoms with E-state index in [1.807, 2.05) is 33.3 Å². The molecule has 0 rings (SSSR count). The van der Waals surface area contributed by atoms with Crippen molar-refractivity contribution in [1.29, 1.82) is 0 Å². The molecule has 0 aliphatic heterocycles. The van der Waals surface area contributed by atoms with Crippen LogP contribution in [0.15, 0.2) is 134 Å². The molecule has 0 saturated heterocycles. The fourth-order valence-corrected chi connectivity index (χ4v) is 10.5. The number of nitrogens with zero attached hydrogens (tertiary/aromatic N) is 1. The summed E-state index contributed by atoms with van der Waals surface area (Å²) in [6.07, 6.45) is 94.2. The predicted octanol–water partition coefficient (Wildman–Crippen LogP) is 22.5. The van der Waals surface area contributed by atoms with Gasteiger partial charge >= 0.3 is 5.97 Å². The first-order chi connectivity index (χ1) is 42.9. The molecule has 3 atom stereocenters. The van der Waals surface area contributed by atoms with E-state index in [-0.39, 0.29) is 24.9 Å². The Morgan fingerprint density at radius 2 is 0.727 bits per heavy atom. The van der Waals surface area contributed by atoms with Crippen LogP contribution >= 0.6 is 7.82 Å². The van der Waals surface area contributed by atoms with Crippen molar-refractivity contribution in [3.05, 3.63) is 134 Å². The summed E-state index contributed by atoms with van der Waals surface area (Å²) in [6, 6.07) is -0.910. The third-order valence-corrected chi connectivity index (χ3v) is 16.3. The molecule has 3 unspecified atom stereocenters. The highest BCUT2D eigenvalue weighted by molar-refractivity contribution is 7.45. The molecule has 0 bridgehead atoms. The highest BCUT2D eigenvalue weighted by atomic mass is 31.2. The monoisotopic (exact) mass is 1240 g/mol. The lowest BCUT2D eigenvalue weighted by Crippen LogP contribution is -2.47.